The van der Waals surface area contributed by atoms with E-state index >= 15 is 0 Å². The summed E-state index contributed by atoms with van der Waals surface area (Å²) >= 11 is 1.55. The molecular formula is C19H17N5O2S. The van der Waals surface area contributed by atoms with Crippen LogP contribution in [0.4, 0.5) is 0 Å². The van der Waals surface area contributed by atoms with Crippen molar-refractivity contribution in [2.24, 2.45) is 0 Å². The van der Waals surface area contributed by atoms with Gasteiger partial charge in [0.05, 0.1) is 16.3 Å². The molecule has 7 nitrogen and oxygen atoms in total. The molecule has 0 radical (unpaired) electrons. The van der Waals surface area contributed by atoms with Crippen LogP contribution in [0.25, 0.3) is 16.4 Å². The highest BCUT2D eigenvalue weighted by atomic mass is 32.1. The molecule has 0 saturated heterocycles. The summed E-state index contributed by atoms with van der Waals surface area (Å²) in [6.07, 6.45) is 0. The fraction of sp³-hybridized carbons (Fsp3) is 0.158. The lowest BCUT2D eigenvalue weighted by atomic mass is 10.2. The quantitative estimate of drug-likeness (QED) is 0.573. The number of benzene rings is 1. The monoisotopic (exact) mass is 379 g/mol. The number of para-hydroxylation sites is 1. The van der Waals surface area contributed by atoms with Crippen molar-refractivity contribution in [2.45, 2.75) is 20.4 Å². The van der Waals surface area contributed by atoms with Gasteiger partial charge in [-0.1, -0.05) is 29.4 Å². The van der Waals surface area contributed by atoms with Crippen LogP contribution in [0, 0.1) is 13.8 Å². The number of carbonyl (C=O) groups excluding carboxylic acids is 1. The molecule has 0 fully saturated rings. The molecule has 8 heteroatoms. The molecule has 0 aliphatic carbocycles. The highest BCUT2D eigenvalue weighted by Gasteiger charge is 2.20. The molecule has 4 rings (SSSR count). The zero-order valence-corrected chi connectivity index (χ0v) is 15.7. The first-order valence-corrected chi connectivity index (χ1v) is 9.28. The van der Waals surface area contributed by atoms with Crippen molar-refractivity contribution in [3.63, 3.8) is 0 Å². The summed E-state index contributed by atoms with van der Waals surface area (Å²) in [4.78, 5) is 18.1. The van der Waals surface area contributed by atoms with E-state index in [0.29, 0.717) is 18.1 Å². The van der Waals surface area contributed by atoms with E-state index < -0.39 is 0 Å². The van der Waals surface area contributed by atoms with Crippen LogP contribution in [0.3, 0.4) is 0 Å². The van der Waals surface area contributed by atoms with Crippen LogP contribution in [0.1, 0.15) is 27.6 Å². The van der Waals surface area contributed by atoms with Gasteiger partial charge in [0.15, 0.2) is 5.82 Å². The molecule has 3 aromatic heterocycles. The summed E-state index contributed by atoms with van der Waals surface area (Å²) < 4.78 is 6.82. The summed E-state index contributed by atoms with van der Waals surface area (Å²) in [6.45, 7) is 3.97. The Hall–Kier alpha value is -3.26. The highest BCUT2D eigenvalue weighted by Crippen LogP contribution is 2.25. The maximum Gasteiger partial charge on any atom is 0.291 e. The van der Waals surface area contributed by atoms with E-state index in [1.807, 2.05) is 61.7 Å². The minimum Gasteiger partial charge on any atom is -0.361 e. The molecule has 0 atom stereocenters. The Kier molecular flexibility index (Phi) is 4.55. The minimum atomic E-state index is -0.345. The molecule has 0 aliphatic heterocycles. The third-order valence-electron chi connectivity index (χ3n) is 4.16. The van der Waals surface area contributed by atoms with Gasteiger partial charge in [0.1, 0.15) is 5.76 Å². The van der Waals surface area contributed by atoms with Gasteiger partial charge in [0, 0.05) is 12.1 Å². The summed E-state index contributed by atoms with van der Waals surface area (Å²) in [5.41, 5.74) is 2.47. The SMILES string of the molecule is Cc1noc(C)c1CNC(=O)c1nc(-c2cccs2)n(-c2ccccc2)n1. The van der Waals surface area contributed by atoms with Gasteiger partial charge in [-0.2, -0.15) is 0 Å². The smallest absolute Gasteiger partial charge is 0.291 e. The lowest BCUT2D eigenvalue weighted by Crippen LogP contribution is -2.24. The predicted octanol–water partition coefficient (Wildman–Crippen LogP) is 3.53. The molecule has 1 amide bonds. The number of hydrogen-bond donors (Lipinski definition) is 1. The van der Waals surface area contributed by atoms with E-state index in [1.165, 1.54) is 0 Å². The van der Waals surface area contributed by atoms with Crippen molar-refractivity contribution in [3.8, 4) is 16.4 Å². The summed E-state index contributed by atoms with van der Waals surface area (Å²) in [5.74, 6) is 1.10. The fourth-order valence-corrected chi connectivity index (χ4v) is 3.42. The third kappa shape index (κ3) is 3.39. The number of aromatic nitrogens is 4. The highest BCUT2D eigenvalue weighted by molar-refractivity contribution is 7.13. The van der Waals surface area contributed by atoms with E-state index in [1.54, 1.807) is 16.0 Å². The molecule has 0 spiro atoms. The predicted molar refractivity (Wildman–Crippen MR) is 102 cm³/mol. The van der Waals surface area contributed by atoms with Gasteiger partial charge in [0.25, 0.3) is 5.91 Å². The number of rotatable bonds is 5. The second kappa shape index (κ2) is 7.16. The standard InChI is InChI=1S/C19H17N5O2S/c1-12-15(13(2)26-23-12)11-20-19(25)17-21-18(16-9-6-10-27-16)24(22-17)14-7-4-3-5-8-14/h3-10H,11H2,1-2H3,(H,20,25). The topological polar surface area (TPSA) is 85.8 Å². The van der Waals surface area contributed by atoms with Crippen molar-refractivity contribution < 1.29 is 9.32 Å². The van der Waals surface area contributed by atoms with Crippen LogP contribution in [0.5, 0.6) is 0 Å². The van der Waals surface area contributed by atoms with Crippen molar-refractivity contribution >= 4 is 17.2 Å². The number of nitrogens with zero attached hydrogens (tertiary/aromatic N) is 4. The normalized spacial score (nSPS) is 10.9. The summed E-state index contributed by atoms with van der Waals surface area (Å²) in [6, 6.07) is 13.5. The largest absolute Gasteiger partial charge is 0.361 e. The number of nitrogens with one attached hydrogen (secondary N) is 1. The number of hydrogen-bond acceptors (Lipinski definition) is 6. The average Bonchev–Trinajstić information content (AvgIpc) is 3.41. The van der Waals surface area contributed by atoms with Gasteiger partial charge in [-0.05, 0) is 37.4 Å². The van der Waals surface area contributed by atoms with Crippen LogP contribution >= 0.6 is 11.3 Å². The molecule has 0 saturated carbocycles. The molecule has 4 aromatic rings. The van der Waals surface area contributed by atoms with Crippen LogP contribution in [0.2, 0.25) is 0 Å². The zero-order chi connectivity index (χ0) is 18.8. The van der Waals surface area contributed by atoms with E-state index in [9.17, 15) is 4.79 Å². The lowest BCUT2D eigenvalue weighted by Gasteiger charge is -2.03. The summed E-state index contributed by atoms with van der Waals surface area (Å²) in [5, 5.41) is 13.2. The molecule has 0 aliphatic rings. The van der Waals surface area contributed by atoms with Gasteiger partial charge in [-0.3, -0.25) is 4.79 Å². The molecule has 3 heterocycles. The fourth-order valence-electron chi connectivity index (χ4n) is 2.72. The van der Waals surface area contributed by atoms with E-state index in [-0.39, 0.29) is 11.7 Å². The Balaban J connectivity index is 1.64. The van der Waals surface area contributed by atoms with Gasteiger partial charge >= 0.3 is 0 Å². The lowest BCUT2D eigenvalue weighted by molar-refractivity contribution is 0.0940. The first-order valence-electron chi connectivity index (χ1n) is 8.40. The number of aryl methyl sites for hydroxylation is 2. The molecule has 136 valence electrons. The molecule has 0 unspecified atom stereocenters. The van der Waals surface area contributed by atoms with E-state index in [2.05, 4.69) is 20.6 Å². The maximum absolute atomic E-state index is 12.6. The average molecular weight is 379 g/mol. The molecule has 1 aromatic carbocycles. The zero-order valence-electron chi connectivity index (χ0n) is 14.8. The molecule has 27 heavy (non-hydrogen) atoms. The van der Waals surface area contributed by atoms with Gasteiger partial charge in [0.2, 0.25) is 5.82 Å². The van der Waals surface area contributed by atoms with E-state index in [4.69, 9.17) is 4.52 Å². The second-order valence-corrected chi connectivity index (χ2v) is 6.92. The van der Waals surface area contributed by atoms with Crippen LogP contribution in [-0.2, 0) is 6.54 Å². The first-order chi connectivity index (χ1) is 13.1. The Labute approximate surface area is 159 Å². The first kappa shape index (κ1) is 17.2. The number of carbonyl (C=O) groups is 1. The maximum atomic E-state index is 12.6. The van der Waals surface area contributed by atoms with Crippen molar-refractivity contribution in [1.29, 1.82) is 0 Å². The second-order valence-electron chi connectivity index (χ2n) is 5.97. The number of thiophene rings is 1. The minimum absolute atomic E-state index is 0.119. The molecule has 0 bridgehead atoms. The van der Waals surface area contributed by atoms with Crippen LogP contribution < -0.4 is 5.32 Å². The van der Waals surface area contributed by atoms with Gasteiger partial charge < -0.3 is 9.84 Å². The third-order valence-corrected chi connectivity index (χ3v) is 5.03. The Morgan fingerprint density at radius 1 is 1.19 bits per heavy atom. The van der Waals surface area contributed by atoms with Crippen molar-refractivity contribution in [3.05, 3.63) is 70.7 Å². The van der Waals surface area contributed by atoms with E-state index in [0.717, 1.165) is 21.8 Å². The van der Waals surface area contributed by atoms with Gasteiger partial charge in [-0.25, -0.2) is 9.67 Å². The molecule has 1 N–H and O–H groups in total. The Morgan fingerprint density at radius 2 is 2.00 bits per heavy atom. The van der Waals surface area contributed by atoms with Crippen molar-refractivity contribution in [1.82, 2.24) is 25.2 Å². The van der Waals surface area contributed by atoms with Crippen LogP contribution in [-0.4, -0.2) is 25.8 Å². The Bertz CT molecular complexity index is 1050. The number of amides is 1. The van der Waals surface area contributed by atoms with Crippen molar-refractivity contribution in [2.75, 3.05) is 0 Å². The van der Waals surface area contributed by atoms with Crippen LogP contribution in [0.15, 0.2) is 52.4 Å². The van der Waals surface area contributed by atoms with Gasteiger partial charge in [-0.15, -0.1) is 16.4 Å². The summed E-state index contributed by atoms with van der Waals surface area (Å²) in [7, 11) is 0. The molecular weight excluding hydrogens is 362 g/mol. The Morgan fingerprint density at radius 3 is 2.67 bits per heavy atom.